The fourth-order valence-electron chi connectivity index (χ4n) is 5.29. The molecule has 41 heavy (non-hydrogen) atoms. The zero-order valence-electron chi connectivity index (χ0n) is 23.9. The summed E-state index contributed by atoms with van der Waals surface area (Å²) in [6.45, 7) is 6.94. The fraction of sp³-hybridized carbons (Fsp3) is 0.294. The number of nitrogens with zero attached hydrogens (tertiary/aromatic N) is 1. The molecule has 7 heteroatoms. The third kappa shape index (κ3) is 7.10. The highest BCUT2D eigenvalue weighted by Crippen LogP contribution is 2.32. The van der Waals surface area contributed by atoms with E-state index in [1.807, 2.05) is 99.6 Å². The highest BCUT2D eigenvalue weighted by atomic mass is 32.2. The molecule has 6 nitrogen and oxygen atoms in total. The lowest BCUT2D eigenvalue weighted by Gasteiger charge is -2.27. The first kappa shape index (κ1) is 28.7. The van der Waals surface area contributed by atoms with Crippen LogP contribution in [0, 0.1) is 20.8 Å². The summed E-state index contributed by atoms with van der Waals surface area (Å²) in [5.41, 5.74) is 4.91. The second kappa shape index (κ2) is 12.8. The van der Waals surface area contributed by atoms with Gasteiger partial charge in [-0.05, 0) is 92.3 Å². The summed E-state index contributed by atoms with van der Waals surface area (Å²) in [5, 5.41) is 0. The quantitative estimate of drug-likeness (QED) is 0.197. The van der Waals surface area contributed by atoms with E-state index >= 15 is 0 Å². The third-order valence-corrected chi connectivity index (χ3v) is 9.24. The number of benzene rings is 4. The zero-order chi connectivity index (χ0) is 28.8. The molecule has 4 aromatic rings. The number of ether oxygens (including phenoxy) is 3. The van der Waals surface area contributed by atoms with Crippen molar-refractivity contribution in [1.82, 2.24) is 0 Å². The first-order valence-corrected chi connectivity index (χ1v) is 15.5. The Morgan fingerprint density at radius 3 is 2.20 bits per heavy atom. The van der Waals surface area contributed by atoms with E-state index in [0.29, 0.717) is 35.3 Å². The summed E-state index contributed by atoms with van der Waals surface area (Å²) in [4.78, 5) is 0.329. The number of rotatable bonds is 10. The molecule has 4 aromatic carbocycles. The van der Waals surface area contributed by atoms with Crippen LogP contribution < -0.4 is 13.8 Å². The maximum Gasteiger partial charge on any atom is 0.265 e. The predicted octanol–water partition coefficient (Wildman–Crippen LogP) is 7.49. The first-order valence-electron chi connectivity index (χ1n) is 14.0. The van der Waals surface area contributed by atoms with Crippen molar-refractivity contribution in [3.8, 4) is 11.5 Å². The van der Waals surface area contributed by atoms with Crippen LogP contribution in [0.3, 0.4) is 0 Å². The van der Waals surface area contributed by atoms with E-state index in [-0.39, 0.29) is 12.8 Å². The molecule has 0 aromatic heterocycles. The minimum Gasteiger partial charge on any atom is -0.489 e. The minimum atomic E-state index is -3.91. The fourth-order valence-corrected chi connectivity index (χ4v) is 7.16. The minimum absolute atomic E-state index is 0.141. The average Bonchev–Trinajstić information content (AvgIpc) is 2.96. The van der Waals surface area contributed by atoms with E-state index in [2.05, 4.69) is 0 Å². The molecule has 0 radical (unpaired) electrons. The highest BCUT2D eigenvalue weighted by molar-refractivity contribution is 7.92. The smallest absolute Gasteiger partial charge is 0.265 e. The van der Waals surface area contributed by atoms with Gasteiger partial charge in [0.25, 0.3) is 10.0 Å². The van der Waals surface area contributed by atoms with Crippen LogP contribution in [0.5, 0.6) is 11.5 Å². The van der Waals surface area contributed by atoms with Crippen LogP contribution in [0.1, 0.15) is 47.1 Å². The molecule has 1 fully saturated rings. The van der Waals surface area contributed by atoms with Gasteiger partial charge in [0, 0.05) is 6.42 Å². The number of hydrogen-bond donors (Lipinski definition) is 0. The van der Waals surface area contributed by atoms with Crippen molar-refractivity contribution >= 4 is 15.7 Å². The average molecular weight is 572 g/mol. The molecule has 1 saturated heterocycles. The van der Waals surface area contributed by atoms with Gasteiger partial charge in [-0.3, -0.25) is 4.31 Å². The Balaban J connectivity index is 1.45. The second-order valence-electron chi connectivity index (χ2n) is 10.6. The monoisotopic (exact) mass is 571 g/mol. The Hall–Kier alpha value is -3.81. The molecule has 0 saturated carbocycles. The number of hydrogen-bond acceptors (Lipinski definition) is 5. The Kier molecular flexibility index (Phi) is 8.96. The van der Waals surface area contributed by atoms with Gasteiger partial charge in [-0.1, -0.05) is 60.2 Å². The van der Waals surface area contributed by atoms with Crippen molar-refractivity contribution in [2.45, 2.75) is 64.4 Å². The maximum atomic E-state index is 14.3. The summed E-state index contributed by atoms with van der Waals surface area (Å²) in [7, 11) is -3.91. The standard InChI is InChI=1S/C34H37NO5S/c1-25-20-26(2)34(27(3)21-25)41(36,37)35(23-29-12-9-13-32(22-29)40-33-14-7-8-19-38-33)30-15-17-31(18-16-30)39-24-28-10-5-4-6-11-28/h4-6,9-13,15-18,20-22,33H,7-8,14,19,23-24H2,1-3H3. The van der Waals surface area contributed by atoms with E-state index in [4.69, 9.17) is 14.2 Å². The lowest BCUT2D eigenvalue weighted by molar-refractivity contribution is -0.105. The van der Waals surface area contributed by atoms with Crippen molar-refractivity contribution in [1.29, 1.82) is 0 Å². The van der Waals surface area contributed by atoms with Crippen molar-refractivity contribution in [3.63, 3.8) is 0 Å². The number of sulfonamides is 1. The van der Waals surface area contributed by atoms with Crippen LogP contribution in [0.15, 0.2) is 95.9 Å². The normalized spacial score (nSPS) is 15.3. The van der Waals surface area contributed by atoms with Gasteiger partial charge < -0.3 is 14.2 Å². The first-order chi connectivity index (χ1) is 19.8. The van der Waals surface area contributed by atoms with Crippen molar-refractivity contribution < 1.29 is 22.6 Å². The van der Waals surface area contributed by atoms with Gasteiger partial charge in [-0.25, -0.2) is 8.42 Å². The van der Waals surface area contributed by atoms with Crippen molar-refractivity contribution in [2.24, 2.45) is 0 Å². The topological polar surface area (TPSA) is 65.1 Å². The zero-order valence-corrected chi connectivity index (χ0v) is 24.7. The maximum absolute atomic E-state index is 14.3. The van der Waals surface area contributed by atoms with Crippen LogP contribution in [0.2, 0.25) is 0 Å². The van der Waals surface area contributed by atoms with Crippen LogP contribution in [-0.4, -0.2) is 21.3 Å². The lowest BCUT2D eigenvalue weighted by atomic mass is 10.1. The molecule has 1 atom stereocenters. The van der Waals surface area contributed by atoms with Gasteiger partial charge >= 0.3 is 0 Å². The Morgan fingerprint density at radius 2 is 1.51 bits per heavy atom. The molecule has 0 spiro atoms. The summed E-state index contributed by atoms with van der Waals surface area (Å²) in [6.07, 6.45) is 2.67. The molecule has 214 valence electrons. The van der Waals surface area contributed by atoms with E-state index in [1.165, 1.54) is 4.31 Å². The van der Waals surface area contributed by atoms with Gasteiger partial charge in [-0.2, -0.15) is 0 Å². The summed E-state index contributed by atoms with van der Waals surface area (Å²) < 4.78 is 47.9. The molecule has 1 aliphatic rings. The molecule has 0 aliphatic carbocycles. The van der Waals surface area contributed by atoms with Gasteiger partial charge in [0.05, 0.1) is 23.7 Å². The molecule has 0 amide bonds. The molecule has 0 bridgehead atoms. The largest absolute Gasteiger partial charge is 0.489 e. The molecule has 1 heterocycles. The predicted molar refractivity (Wildman–Crippen MR) is 162 cm³/mol. The van der Waals surface area contributed by atoms with E-state index in [1.54, 1.807) is 12.1 Å². The molecular formula is C34H37NO5S. The van der Waals surface area contributed by atoms with Gasteiger partial charge in [0.2, 0.25) is 0 Å². The Labute approximate surface area is 243 Å². The van der Waals surface area contributed by atoms with Crippen LogP contribution >= 0.6 is 0 Å². The van der Waals surface area contributed by atoms with Gasteiger partial charge in [0.1, 0.15) is 18.1 Å². The van der Waals surface area contributed by atoms with Crippen LogP contribution in [-0.2, 0) is 27.9 Å². The van der Waals surface area contributed by atoms with Crippen LogP contribution in [0.4, 0.5) is 5.69 Å². The molecule has 5 rings (SSSR count). The highest BCUT2D eigenvalue weighted by Gasteiger charge is 2.29. The molecule has 0 N–H and O–H groups in total. The van der Waals surface area contributed by atoms with Gasteiger partial charge in [0.15, 0.2) is 6.29 Å². The van der Waals surface area contributed by atoms with E-state index in [0.717, 1.165) is 47.1 Å². The Morgan fingerprint density at radius 1 is 0.805 bits per heavy atom. The summed E-state index contributed by atoms with van der Waals surface area (Å²) in [5.74, 6) is 1.33. The third-order valence-electron chi connectivity index (χ3n) is 7.16. The summed E-state index contributed by atoms with van der Waals surface area (Å²) >= 11 is 0. The Bertz CT molecular complexity index is 1540. The lowest BCUT2D eigenvalue weighted by Crippen LogP contribution is -2.31. The summed E-state index contributed by atoms with van der Waals surface area (Å²) in [6, 6.07) is 28.6. The van der Waals surface area contributed by atoms with Crippen molar-refractivity contribution in [2.75, 3.05) is 10.9 Å². The number of aryl methyl sites for hydroxylation is 3. The molecule has 1 unspecified atom stereocenters. The second-order valence-corrected chi connectivity index (χ2v) is 12.4. The van der Waals surface area contributed by atoms with Gasteiger partial charge in [-0.15, -0.1) is 0 Å². The van der Waals surface area contributed by atoms with E-state index < -0.39 is 10.0 Å². The van der Waals surface area contributed by atoms with Crippen LogP contribution in [0.25, 0.3) is 0 Å². The number of anilines is 1. The molecular weight excluding hydrogens is 534 g/mol. The van der Waals surface area contributed by atoms with E-state index in [9.17, 15) is 8.42 Å². The van der Waals surface area contributed by atoms with Crippen molar-refractivity contribution in [3.05, 3.63) is 119 Å². The SMILES string of the molecule is Cc1cc(C)c(S(=O)(=O)N(Cc2cccc(OC3CCCCO3)c2)c2ccc(OCc3ccccc3)cc2)c(C)c1. The molecule has 1 aliphatic heterocycles.